The van der Waals surface area contributed by atoms with Crippen molar-refractivity contribution in [3.8, 4) is 5.75 Å². The normalized spacial score (nSPS) is 13.4. The average Bonchev–Trinajstić information content (AvgIpc) is 3.21. The zero-order valence-electron chi connectivity index (χ0n) is 16.4. The molecule has 7 nitrogen and oxygen atoms in total. The Morgan fingerprint density at radius 1 is 1.28 bits per heavy atom. The van der Waals surface area contributed by atoms with Gasteiger partial charge in [-0.2, -0.15) is 5.10 Å². The number of hydrazone groups is 1. The monoisotopic (exact) mass is 390 g/mol. The highest BCUT2D eigenvalue weighted by Crippen LogP contribution is 2.18. The number of hydrogen-bond donors (Lipinski definition) is 1. The highest BCUT2D eigenvalue weighted by Gasteiger charge is 2.17. The fraction of sp³-hybridized carbons (Fsp3) is 0.273. The van der Waals surface area contributed by atoms with E-state index in [0.29, 0.717) is 29.4 Å². The van der Waals surface area contributed by atoms with Gasteiger partial charge in [0.25, 0.3) is 11.5 Å². The van der Waals surface area contributed by atoms with Crippen LogP contribution in [0.15, 0.2) is 52.4 Å². The van der Waals surface area contributed by atoms with Crippen LogP contribution in [-0.4, -0.2) is 28.3 Å². The Hall–Kier alpha value is -3.48. The second-order valence-corrected chi connectivity index (χ2v) is 7.10. The number of amides is 1. The maximum absolute atomic E-state index is 12.5. The van der Waals surface area contributed by atoms with Crippen LogP contribution in [0.1, 0.15) is 35.1 Å². The molecule has 0 fully saturated rings. The van der Waals surface area contributed by atoms with Crippen molar-refractivity contribution in [2.24, 2.45) is 5.10 Å². The van der Waals surface area contributed by atoms with Crippen LogP contribution >= 0.6 is 0 Å². The van der Waals surface area contributed by atoms with Gasteiger partial charge in [-0.15, -0.1) is 0 Å². The van der Waals surface area contributed by atoms with Gasteiger partial charge in [-0.25, -0.2) is 10.4 Å². The van der Waals surface area contributed by atoms with Crippen LogP contribution < -0.4 is 15.7 Å². The molecule has 29 heavy (non-hydrogen) atoms. The lowest BCUT2D eigenvalue weighted by Crippen LogP contribution is -2.22. The first-order chi connectivity index (χ1) is 14.1. The molecule has 1 aliphatic heterocycles. The molecule has 0 atom stereocenters. The lowest BCUT2D eigenvalue weighted by Gasteiger charge is -2.08. The molecule has 0 spiro atoms. The molecule has 1 aromatic heterocycles. The standard InChI is InChI=1S/C22H22N4O3/c1-14(12-15-6-3-4-7-19(15)29-2)24-25-21(27)16-9-10-17-18(13-16)23-20-8-5-11-26(20)22(17)28/h3-4,6-7,9-10,13H,5,8,11-12H2,1-2H3,(H,25,27)/b24-14-. The van der Waals surface area contributed by atoms with Gasteiger partial charge in [0.1, 0.15) is 11.6 Å². The Labute approximate surface area is 168 Å². The minimum absolute atomic E-state index is 0.0415. The minimum atomic E-state index is -0.339. The molecule has 7 heteroatoms. The van der Waals surface area contributed by atoms with E-state index in [9.17, 15) is 9.59 Å². The predicted molar refractivity (Wildman–Crippen MR) is 112 cm³/mol. The van der Waals surface area contributed by atoms with Gasteiger partial charge in [0, 0.05) is 30.7 Å². The van der Waals surface area contributed by atoms with Crippen molar-refractivity contribution in [3.63, 3.8) is 0 Å². The van der Waals surface area contributed by atoms with E-state index < -0.39 is 0 Å². The average molecular weight is 390 g/mol. The van der Waals surface area contributed by atoms with E-state index in [4.69, 9.17) is 4.74 Å². The largest absolute Gasteiger partial charge is 0.496 e. The number of hydrogen-bond acceptors (Lipinski definition) is 5. The van der Waals surface area contributed by atoms with Crippen LogP contribution in [0.5, 0.6) is 5.75 Å². The number of para-hydroxylation sites is 1. The van der Waals surface area contributed by atoms with E-state index in [1.165, 1.54) is 0 Å². The first-order valence-corrected chi connectivity index (χ1v) is 9.55. The molecule has 0 saturated carbocycles. The lowest BCUT2D eigenvalue weighted by molar-refractivity contribution is 0.0955. The first-order valence-electron chi connectivity index (χ1n) is 9.55. The predicted octanol–water partition coefficient (Wildman–Crippen LogP) is 2.70. The van der Waals surface area contributed by atoms with Gasteiger partial charge in [-0.3, -0.25) is 14.2 Å². The summed E-state index contributed by atoms with van der Waals surface area (Å²) >= 11 is 0. The number of aromatic nitrogens is 2. The number of methoxy groups -OCH3 is 1. The fourth-order valence-corrected chi connectivity index (χ4v) is 3.60. The maximum Gasteiger partial charge on any atom is 0.271 e. The minimum Gasteiger partial charge on any atom is -0.496 e. The van der Waals surface area contributed by atoms with Gasteiger partial charge in [0.05, 0.1) is 18.0 Å². The first kappa shape index (κ1) is 18.9. The van der Waals surface area contributed by atoms with Crippen molar-refractivity contribution in [1.29, 1.82) is 0 Å². The Balaban J connectivity index is 1.52. The van der Waals surface area contributed by atoms with Crippen molar-refractivity contribution in [2.45, 2.75) is 32.7 Å². The van der Waals surface area contributed by atoms with Gasteiger partial charge in [-0.05, 0) is 43.2 Å². The SMILES string of the molecule is COc1ccccc1C/C(C)=N\NC(=O)c1ccc2c(=O)n3c(nc2c1)CCC3. The summed E-state index contributed by atoms with van der Waals surface area (Å²) in [6.45, 7) is 2.55. The highest BCUT2D eigenvalue weighted by molar-refractivity contribution is 5.98. The molecule has 0 saturated heterocycles. The highest BCUT2D eigenvalue weighted by atomic mass is 16.5. The number of fused-ring (bicyclic) bond motifs is 2. The number of carbonyl (C=O) groups excluding carboxylic acids is 1. The van der Waals surface area contributed by atoms with E-state index in [-0.39, 0.29) is 11.5 Å². The third-order valence-electron chi connectivity index (χ3n) is 5.07. The van der Waals surface area contributed by atoms with E-state index in [0.717, 1.165) is 35.7 Å². The van der Waals surface area contributed by atoms with Gasteiger partial charge in [-0.1, -0.05) is 18.2 Å². The van der Waals surface area contributed by atoms with E-state index >= 15 is 0 Å². The molecular weight excluding hydrogens is 368 g/mol. The van der Waals surface area contributed by atoms with Crippen molar-refractivity contribution in [3.05, 3.63) is 69.8 Å². The van der Waals surface area contributed by atoms with Crippen LogP contribution in [0.3, 0.4) is 0 Å². The van der Waals surface area contributed by atoms with E-state index in [1.54, 1.807) is 29.9 Å². The van der Waals surface area contributed by atoms with Gasteiger partial charge in [0.15, 0.2) is 0 Å². The van der Waals surface area contributed by atoms with Gasteiger partial charge < -0.3 is 4.74 Å². The van der Waals surface area contributed by atoms with Crippen LogP contribution in [0.25, 0.3) is 10.9 Å². The number of ether oxygens (including phenoxy) is 1. The van der Waals surface area contributed by atoms with Crippen molar-refractivity contribution >= 4 is 22.5 Å². The topological polar surface area (TPSA) is 85.6 Å². The molecule has 4 rings (SSSR count). The Morgan fingerprint density at radius 3 is 2.93 bits per heavy atom. The second-order valence-electron chi connectivity index (χ2n) is 7.10. The summed E-state index contributed by atoms with van der Waals surface area (Å²) < 4.78 is 7.06. The molecule has 1 amide bonds. The molecule has 0 radical (unpaired) electrons. The molecular formula is C22H22N4O3. The molecule has 0 bridgehead atoms. The molecule has 1 N–H and O–H groups in total. The number of carbonyl (C=O) groups is 1. The summed E-state index contributed by atoms with van der Waals surface area (Å²) in [6, 6.07) is 12.6. The number of rotatable bonds is 5. The molecule has 0 aliphatic carbocycles. The van der Waals surface area contributed by atoms with Crippen molar-refractivity contribution in [1.82, 2.24) is 15.0 Å². The Morgan fingerprint density at radius 2 is 2.10 bits per heavy atom. The molecule has 3 aromatic rings. The van der Waals surface area contributed by atoms with Gasteiger partial charge in [0.2, 0.25) is 0 Å². The fourth-order valence-electron chi connectivity index (χ4n) is 3.60. The van der Waals surface area contributed by atoms with Crippen molar-refractivity contribution < 1.29 is 9.53 Å². The summed E-state index contributed by atoms with van der Waals surface area (Å²) in [6.07, 6.45) is 2.27. The Kier molecular flexibility index (Phi) is 5.12. The zero-order valence-corrected chi connectivity index (χ0v) is 16.4. The Bertz CT molecular complexity index is 1180. The van der Waals surface area contributed by atoms with Crippen LogP contribution in [0, 0.1) is 0 Å². The smallest absolute Gasteiger partial charge is 0.271 e. The third-order valence-corrected chi connectivity index (χ3v) is 5.07. The third kappa shape index (κ3) is 3.76. The van der Waals surface area contributed by atoms with E-state index in [2.05, 4.69) is 15.5 Å². The number of nitrogens with zero attached hydrogens (tertiary/aromatic N) is 3. The van der Waals surface area contributed by atoms with Crippen LogP contribution in [-0.2, 0) is 19.4 Å². The second kappa shape index (κ2) is 7.87. The molecule has 1 aliphatic rings. The van der Waals surface area contributed by atoms with Crippen molar-refractivity contribution in [2.75, 3.05) is 7.11 Å². The van der Waals surface area contributed by atoms with E-state index in [1.807, 2.05) is 31.2 Å². The molecule has 148 valence electrons. The maximum atomic E-state index is 12.5. The number of benzene rings is 2. The van der Waals surface area contributed by atoms with Gasteiger partial charge >= 0.3 is 0 Å². The number of aryl methyl sites for hydroxylation is 1. The summed E-state index contributed by atoms with van der Waals surface area (Å²) in [4.78, 5) is 29.6. The summed E-state index contributed by atoms with van der Waals surface area (Å²) in [5.41, 5.74) is 5.25. The molecule has 2 heterocycles. The molecule has 0 unspecified atom stereocenters. The summed E-state index contributed by atoms with van der Waals surface area (Å²) in [5, 5.41) is 4.73. The number of nitrogens with one attached hydrogen (secondary N) is 1. The van der Waals surface area contributed by atoms with Crippen LogP contribution in [0.2, 0.25) is 0 Å². The van der Waals surface area contributed by atoms with Crippen LogP contribution in [0.4, 0.5) is 0 Å². The zero-order chi connectivity index (χ0) is 20.4. The summed E-state index contributed by atoms with van der Waals surface area (Å²) in [7, 11) is 1.63. The molecule has 2 aromatic carbocycles. The summed E-state index contributed by atoms with van der Waals surface area (Å²) in [5.74, 6) is 1.23. The quantitative estimate of drug-likeness (QED) is 0.536. The lowest BCUT2D eigenvalue weighted by atomic mass is 10.1.